The number of benzene rings is 2. The predicted octanol–water partition coefficient (Wildman–Crippen LogP) is 3.50. The molecule has 2 aromatic heterocycles. The number of hydrogen-bond acceptors (Lipinski definition) is 6. The Kier molecular flexibility index (Phi) is 7.37. The van der Waals surface area contributed by atoms with Crippen LogP contribution in [0.3, 0.4) is 0 Å². The Morgan fingerprint density at radius 2 is 1.86 bits per heavy atom. The molecule has 0 unspecified atom stereocenters. The summed E-state index contributed by atoms with van der Waals surface area (Å²) in [5, 5.41) is 5.97. The first-order chi connectivity index (χ1) is 17.0. The van der Waals surface area contributed by atoms with Crippen molar-refractivity contribution in [3.05, 3.63) is 89.4 Å². The molecule has 35 heavy (non-hydrogen) atoms. The molecule has 180 valence electrons. The molecular weight excluding hydrogens is 449 g/mol. The summed E-state index contributed by atoms with van der Waals surface area (Å²) in [6.45, 7) is 2.73. The highest BCUT2D eigenvalue weighted by Gasteiger charge is 2.17. The first kappa shape index (κ1) is 23.9. The molecule has 0 spiro atoms. The van der Waals surface area contributed by atoms with Crippen LogP contribution in [0, 0.1) is 5.82 Å². The molecule has 0 aliphatic carbocycles. The highest BCUT2D eigenvalue weighted by molar-refractivity contribution is 5.95. The number of anilines is 1. The molecule has 0 fully saturated rings. The Hall–Kier alpha value is -4.24. The fourth-order valence-electron chi connectivity index (χ4n) is 3.68. The van der Waals surface area contributed by atoms with Crippen LogP contribution in [-0.4, -0.2) is 34.4 Å². The van der Waals surface area contributed by atoms with Crippen LogP contribution in [0.5, 0.6) is 0 Å². The number of rotatable bonds is 9. The average molecular weight is 476 g/mol. The third-order valence-corrected chi connectivity index (χ3v) is 5.39. The van der Waals surface area contributed by atoms with Crippen LogP contribution in [-0.2, 0) is 22.6 Å². The maximum absolute atomic E-state index is 13.5. The van der Waals surface area contributed by atoms with Crippen molar-refractivity contribution >= 4 is 23.3 Å². The van der Waals surface area contributed by atoms with Gasteiger partial charge in [-0.1, -0.05) is 24.3 Å². The lowest BCUT2D eigenvalue weighted by Crippen LogP contribution is -2.23. The molecule has 0 atom stereocenters. The third-order valence-electron chi connectivity index (χ3n) is 5.39. The van der Waals surface area contributed by atoms with E-state index in [1.807, 2.05) is 24.3 Å². The minimum Gasteiger partial charge on any atom is -0.465 e. The fourth-order valence-corrected chi connectivity index (χ4v) is 3.68. The van der Waals surface area contributed by atoms with E-state index < -0.39 is 5.97 Å². The number of amides is 1. The molecule has 0 bridgehead atoms. The fraction of sp³-hybridized carbons (Fsp3) is 0.192. The van der Waals surface area contributed by atoms with Crippen molar-refractivity contribution in [2.24, 2.45) is 5.73 Å². The van der Waals surface area contributed by atoms with Gasteiger partial charge in [0, 0.05) is 30.4 Å². The van der Waals surface area contributed by atoms with E-state index in [9.17, 15) is 14.0 Å². The first-order valence-corrected chi connectivity index (χ1v) is 11.2. The number of imidazole rings is 1. The highest BCUT2D eigenvalue weighted by atomic mass is 19.1. The van der Waals surface area contributed by atoms with Gasteiger partial charge in [-0.2, -0.15) is 0 Å². The summed E-state index contributed by atoms with van der Waals surface area (Å²) >= 11 is 0. The Morgan fingerprint density at radius 1 is 1.09 bits per heavy atom. The van der Waals surface area contributed by atoms with E-state index in [2.05, 4.69) is 15.6 Å². The van der Waals surface area contributed by atoms with Crippen molar-refractivity contribution in [2.45, 2.75) is 20.0 Å². The van der Waals surface area contributed by atoms with E-state index >= 15 is 0 Å². The molecule has 1 amide bonds. The van der Waals surface area contributed by atoms with Gasteiger partial charge in [-0.05, 0) is 54.4 Å². The van der Waals surface area contributed by atoms with E-state index in [1.54, 1.807) is 41.8 Å². The normalized spacial score (nSPS) is 10.8. The Bertz CT molecular complexity index is 1350. The number of esters is 1. The molecular formula is C26H26FN5O3. The molecule has 9 heteroatoms. The minimum atomic E-state index is -0.415. The topological polar surface area (TPSA) is 111 Å². The smallest absolute Gasteiger partial charge is 0.325 e. The van der Waals surface area contributed by atoms with Gasteiger partial charge in [-0.15, -0.1) is 0 Å². The Labute approximate surface area is 201 Å². The van der Waals surface area contributed by atoms with Crippen molar-refractivity contribution in [2.75, 3.05) is 18.5 Å². The standard InChI is InChI=1S/C26H26FN5O3/c1-2-35-23(33)16-29-25-24(19-6-8-21(27)9-7-19)31-22-13-20(10-11-32(22)25)26(34)30-15-18-5-3-4-17(12-18)14-28/h3-13,29H,2,14-16,28H2,1H3,(H,30,34). The zero-order valence-electron chi connectivity index (χ0n) is 19.3. The Morgan fingerprint density at radius 3 is 2.60 bits per heavy atom. The van der Waals surface area contributed by atoms with E-state index in [1.165, 1.54) is 12.1 Å². The lowest BCUT2D eigenvalue weighted by atomic mass is 10.1. The number of carbonyl (C=O) groups is 2. The van der Waals surface area contributed by atoms with Gasteiger partial charge in [0.05, 0.1) is 6.61 Å². The van der Waals surface area contributed by atoms with Crippen LogP contribution in [0.1, 0.15) is 28.4 Å². The minimum absolute atomic E-state index is 0.0695. The number of hydrogen-bond donors (Lipinski definition) is 3. The second-order valence-corrected chi connectivity index (χ2v) is 7.82. The maximum atomic E-state index is 13.5. The van der Waals surface area contributed by atoms with Gasteiger partial charge in [-0.3, -0.25) is 14.0 Å². The van der Waals surface area contributed by atoms with Crippen LogP contribution in [0.4, 0.5) is 10.2 Å². The van der Waals surface area contributed by atoms with Crippen LogP contribution in [0.2, 0.25) is 0 Å². The van der Waals surface area contributed by atoms with Crippen LogP contribution < -0.4 is 16.4 Å². The van der Waals surface area contributed by atoms with Crippen molar-refractivity contribution in [1.82, 2.24) is 14.7 Å². The van der Waals surface area contributed by atoms with Crippen molar-refractivity contribution in [1.29, 1.82) is 0 Å². The predicted molar refractivity (Wildman–Crippen MR) is 131 cm³/mol. The number of nitrogens with one attached hydrogen (secondary N) is 2. The number of halogens is 1. The molecule has 4 aromatic rings. The summed E-state index contributed by atoms with van der Waals surface area (Å²) < 4.78 is 20.2. The zero-order valence-corrected chi connectivity index (χ0v) is 19.3. The van der Waals surface area contributed by atoms with Gasteiger partial charge in [0.1, 0.15) is 29.5 Å². The molecule has 0 saturated carbocycles. The molecule has 0 saturated heterocycles. The lowest BCUT2D eigenvalue weighted by Gasteiger charge is -2.09. The highest BCUT2D eigenvalue weighted by Crippen LogP contribution is 2.29. The molecule has 4 N–H and O–H groups in total. The quantitative estimate of drug-likeness (QED) is 0.320. The monoisotopic (exact) mass is 475 g/mol. The SMILES string of the molecule is CCOC(=O)CNc1c(-c2ccc(F)cc2)nc2cc(C(=O)NCc3cccc(CN)c3)ccn12. The van der Waals surface area contributed by atoms with Gasteiger partial charge >= 0.3 is 5.97 Å². The average Bonchev–Trinajstić information content (AvgIpc) is 3.24. The van der Waals surface area contributed by atoms with E-state index in [4.69, 9.17) is 10.5 Å². The van der Waals surface area contributed by atoms with Crippen molar-refractivity contribution in [3.8, 4) is 11.3 Å². The second kappa shape index (κ2) is 10.8. The number of fused-ring (bicyclic) bond motifs is 1. The molecule has 0 radical (unpaired) electrons. The van der Waals surface area contributed by atoms with E-state index in [-0.39, 0.29) is 24.9 Å². The molecule has 0 aliphatic heterocycles. The number of nitrogens with two attached hydrogens (primary N) is 1. The van der Waals surface area contributed by atoms with Gasteiger partial charge < -0.3 is 21.1 Å². The van der Waals surface area contributed by atoms with E-state index in [0.29, 0.717) is 41.4 Å². The van der Waals surface area contributed by atoms with Crippen LogP contribution >= 0.6 is 0 Å². The largest absolute Gasteiger partial charge is 0.465 e. The summed E-state index contributed by atoms with van der Waals surface area (Å²) in [5.41, 5.74) is 9.74. The molecule has 2 aromatic carbocycles. The van der Waals surface area contributed by atoms with Crippen LogP contribution in [0.25, 0.3) is 16.9 Å². The summed E-state index contributed by atoms with van der Waals surface area (Å²) in [6.07, 6.45) is 1.70. The number of carbonyl (C=O) groups excluding carboxylic acids is 2. The maximum Gasteiger partial charge on any atom is 0.325 e. The van der Waals surface area contributed by atoms with Gasteiger partial charge in [0.25, 0.3) is 5.91 Å². The van der Waals surface area contributed by atoms with Crippen molar-refractivity contribution < 1.29 is 18.7 Å². The third kappa shape index (κ3) is 5.64. The summed E-state index contributed by atoms with van der Waals surface area (Å²) in [6, 6.07) is 16.9. The van der Waals surface area contributed by atoms with Gasteiger partial charge in [0.2, 0.25) is 0 Å². The number of nitrogens with zero attached hydrogens (tertiary/aromatic N) is 2. The summed E-state index contributed by atoms with van der Waals surface area (Å²) in [4.78, 5) is 29.4. The summed E-state index contributed by atoms with van der Waals surface area (Å²) in [7, 11) is 0. The second-order valence-electron chi connectivity index (χ2n) is 7.82. The van der Waals surface area contributed by atoms with Gasteiger partial charge in [0.15, 0.2) is 0 Å². The number of pyridine rings is 1. The number of ether oxygens (including phenoxy) is 1. The molecule has 8 nitrogen and oxygen atoms in total. The molecule has 2 heterocycles. The molecule has 0 aliphatic rings. The van der Waals surface area contributed by atoms with E-state index in [0.717, 1.165) is 11.1 Å². The first-order valence-electron chi connectivity index (χ1n) is 11.2. The Balaban J connectivity index is 1.61. The molecule has 4 rings (SSSR count). The van der Waals surface area contributed by atoms with Gasteiger partial charge in [-0.25, -0.2) is 9.37 Å². The van der Waals surface area contributed by atoms with Crippen LogP contribution in [0.15, 0.2) is 66.9 Å². The van der Waals surface area contributed by atoms with Crippen molar-refractivity contribution in [3.63, 3.8) is 0 Å². The lowest BCUT2D eigenvalue weighted by molar-refractivity contribution is -0.140. The summed E-state index contributed by atoms with van der Waals surface area (Å²) in [5.74, 6) is -0.500. The number of aromatic nitrogens is 2. The zero-order chi connectivity index (χ0) is 24.8.